The summed E-state index contributed by atoms with van der Waals surface area (Å²) in [4.78, 5) is 21.6. The van der Waals surface area contributed by atoms with Crippen molar-refractivity contribution in [2.75, 3.05) is 18.8 Å². The van der Waals surface area contributed by atoms with E-state index in [1.807, 2.05) is 0 Å². The molecule has 0 atom stereocenters. The smallest absolute Gasteiger partial charge is 0.253 e. The lowest BCUT2D eigenvalue weighted by Crippen LogP contribution is -2.27. The summed E-state index contributed by atoms with van der Waals surface area (Å²) in [7, 11) is 0. The number of para-hydroxylation sites is 1. The van der Waals surface area contributed by atoms with Gasteiger partial charge in [0.1, 0.15) is 0 Å². The Balaban J connectivity index is 2.36. The Morgan fingerprint density at radius 2 is 2.06 bits per heavy atom. The maximum absolute atomic E-state index is 11.6. The molecule has 86 valence electrons. The molecule has 1 aromatic carbocycles. The summed E-state index contributed by atoms with van der Waals surface area (Å²) in [5, 5.41) is 5.24. The van der Waals surface area contributed by atoms with Crippen LogP contribution in [0.15, 0.2) is 24.3 Å². The van der Waals surface area contributed by atoms with Gasteiger partial charge in [-0.3, -0.25) is 9.59 Å². The lowest BCUT2D eigenvalue weighted by molar-refractivity contribution is -0.109. The summed E-state index contributed by atoms with van der Waals surface area (Å²) in [6, 6.07) is 6.90. The van der Waals surface area contributed by atoms with Gasteiger partial charge in [-0.2, -0.15) is 0 Å². The number of amides is 2. The summed E-state index contributed by atoms with van der Waals surface area (Å²) >= 11 is 0. The minimum atomic E-state index is -0.191. The van der Waals surface area contributed by atoms with Crippen molar-refractivity contribution >= 4 is 18.0 Å². The highest BCUT2D eigenvalue weighted by molar-refractivity contribution is 5.98. The molecule has 16 heavy (non-hydrogen) atoms. The Morgan fingerprint density at radius 1 is 1.31 bits per heavy atom. The first-order chi connectivity index (χ1) is 7.75. The molecule has 5 nitrogen and oxygen atoms in total. The van der Waals surface area contributed by atoms with Crippen LogP contribution in [0.1, 0.15) is 16.8 Å². The number of nitrogens with one attached hydrogen (secondary N) is 2. The molecule has 4 N–H and O–H groups in total. The van der Waals surface area contributed by atoms with Gasteiger partial charge >= 0.3 is 0 Å². The molecule has 0 heterocycles. The van der Waals surface area contributed by atoms with Crippen LogP contribution in [0.25, 0.3) is 0 Å². The van der Waals surface area contributed by atoms with Crippen molar-refractivity contribution in [2.24, 2.45) is 0 Å². The van der Waals surface area contributed by atoms with Gasteiger partial charge < -0.3 is 16.4 Å². The van der Waals surface area contributed by atoms with E-state index >= 15 is 0 Å². The fourth-order valence-electron chi connectivity index (χ4n) is 1.25. The van der Waals surface area contributed by atoms with E-state index in [-0.39, 0.29) is 5.91 Å². The van der Waals surface area contributed by atoms with Crippen LogP contribution >= 0.6 is 0 Å². The van der Waals surface area contributed by atoms with Crippen LogP contribution in [0, 0.1) is 0 Å². The fraction of sp³-hybridized carbons (Fsp3) is 0.273. The van der Waals surface area contributed by atoms with Gasteiger partial charge in [0.25, 0.3) is 5.91 Å². The van der Waals surface area contributed by atoms with Crippen LogP contribution in [0.4, 0.5) is 5.69 Å². The van der Waals surface area contributed by atoms with Crippen molar-refractivity contribution in [1.29, 1.82) is 0 Å². The van der Waals surface area contributed by atoms with Gasteiger partial charge in [0.05, 0.1) is 5.56 Å². The second kappa shape index (κ2) is 6.44. The largest absolute Gasteiger partial charge is 0.398 e. The maximum Gasteiger partial charge on any atom is 0.253 e. The first-order valence-corrected chi connectivity index (χ1v) is 5.05. The van der Waals surface area contributed by atoms with Gasteiger partial charge in [0.2, 0.25) is 6.41 Å². The molecule has 0 aliphatic heterocycles. The highest BCUT2D eigenvalue weighted by Gasteiger charge is 2.06. The second-order valence-corrected chi connectivity index (χ2v) is 3.27. The molecule has 0 aliphatic rings. The molecule has 0 bridgehead atoms. The molecule has 0 saturated heterocycles. The van der Waals surface area contributed by atoms with Gasteiger partial charge in [-0.05, 0) is 18.6 Å². The van der Waals surface area contributed by atoms with Crippen molar-refractivity contribution in [3.05, 3.63) is 29.8 Å². The second-order valence-electron chi connectivity index (χ2n) is 3.27. The summed E-state index contributed by atoms with van der Waals surface area (Å²) in [5.74, 6) is -0.191. The minimum absolute atomic E-state index is 0.191. The van der Waals surface area contributed by atoms with Crippen molar-refractivity contribution < 1.29 is 9.59 Å². The standard InChI is InChI=1S/C11H15N3O2/c12-10-5-2-1-4-9(10)11(16)14-7-3-6-13-8-15/h1-2,4-5,8H,3,6-7,12H2,(H,13,15)(H,14,16). The van der Waals surface area contributed by atoms with E-state index < -0.39 is 0 Å². The van der Waals surface area contributed by atoms with Crippen LogP contribution < -0.4 is 16.4 Å². The molecule has 5 heteroatoms. The molecule has 1 rings (SSSR count). The topological polar surface area (TPSA) is 84.2 Å². The van der Waals surface area contributed by atoms with Crippen LogP contribution in [-0.2, 0) is 4.79 Å². The third kappa shape index (κ3) is 3.61. The fourth-order valence-corrected chi connectivity index (χ4v) is 1.25. The molecule has 0 spiro atoms. The third-order valence-corrected chi connectivity index (χ3v) is 2.07. The van der Waals surface area contributed by atoms with E-state index in [0.29, 0.717) is 37.2 Å². The van der Waals surface area contributed by atoms with Gasteiger partial charge in [0, 0.05) is 18.8 Å². The quantitative estimate of drug-likeness (QED) is 0.363. The maximum atomic E-state index is 11.6. The van der Waals surface area contributed by atoms with E-state index in [2.05, 4.69) is 10.6 Å². The van der Waals surface area contributed by atoms with E-state index in [4.69, 9.17) is 5.73 Å². The molecule has 1 aromatic rings. The van der Waals surface area contributed by atoms with Crippen molar-refractivity contribution in [2.45, 2.75) is 6.42 Å². The number of carbonyl (C=O) groups is 2. The van der Waals surface area contributed by atoms with E-state index in [0.717, 1.165) is 0 Å². The highest BCUT2D eigenvalue weighted by atomic mass is 16.1. The molecule has 0 unspecified atom stereocenters. The summed E-state index contributed by atoms with van der Waals surface area (Å²) in [5.41, 5.74) is 6.60. The number of hydrogen-bond acceptors (Lipinski definition) is 3. The normalized spacial score (nSPS) is 9.50. The first-order valence-electron chi connectivity index (χ1n) is 5.05. The Morgan fingerprint density at radius 3 is 2.75 bits per heavy atom. The molecule has 0 fully saturated rings. The average Bonchev–Trinajstić information content (AvgIpc) is 2.29. The monoisotopic (exact) mass is 221 g/mol. The molecule has 0 saturated carbocycles. The van der Waals surface area contributed by atoms with Crippen LogP contribution in [0.3, 0.4) is 0 Å². The van der Waals surface area contributed by atoms with E-state index in [1.165, 1.54) is 0 Å². The lowest BCUT2D eigenvalue weighted by atomic mass is 10.1. The average molecular weight is 221 g/mol. The highest BCUT2D eigenvalue weighted by Crippen LogP contribution is 2.09. The molecule has 2 amide bonds. The SMILES string of the molecule is Nc1ccccc1C(=O)NCCCNC=O. The van der Waals surface area contributed by atoms with Gasteiger partial charge in [-0.1, -0.05) is 12.1 Å². The predicted molar refractivity (Wildman–Crippen MR) is 61.9 cm³/mol. The number of rotatable bonds is 6. The summed E-state index contributed by atoms with van der Waals surface area (Å²) in [6.45, 7) is 1.06. The molecular formula is C11H15N3O2. The number of anilines is 1. The van der Waals surface area contributed by atoms with Crippen LogP contribution in [0.5, 0.6) is 0 Å². The Labute approximate surface area is 94.0 Å². The van der Waals surface area contributed by atoms with Crippen LogP contribution in [0.2, 0.25) is 0 Å². The number of nitrogen functional groups attached to an aromatic ring is 1. The van der Waals surface area contributed by atoms with Gasteiger partial charge in [0.15, 0.2) is 0 Å². The van der Waals surface area contributed by atoms with Crippen molar-refractivity contribution in [3.63, 3.8) is 0 Å². The van der Waals surface area contributed by atoms with Crippen LogP contribution in [-0.4, -0.2) is 25.4 Å². The lowest BCUT2D eigenvalue weighted by Gasteiger charge is -2.06. The minimum Gasteiger partial charge on any atom is -0.398 e. The van der Waals surface area contributed by atoms with Crippen molar-refractivity contribution in [3.8, 4) is 0 Å². The zero-order chi connectivity index (χ0) is 11.8. The van der Waals surface area contributed by atoms with Crippen molar-refractivity contribution in [1.82, 2.24) is 10.6 Å². The number of hydrogen-bond donors (Lipinski definition) is 3. The molecule has 0 aliphatic carbocycles. The zero-order valence-corrected chi connectivity index (χ0v) is 8.90. The Kier molecular flexibility index (Phi) is 4.85. The molecule has 0 aromatic heterocycles. The number of benzene rings is 1. The Hall–Kier alpha value is -2.04. The number of carbonyl (C=O) groups excluding carboxylic acids is 2. The molecular weight excluding hydrogens is 206 g/mol. The zero-order valence-electron chi connectivity index (χ0n) is 8.90. The van der Waals surface area contributed by atoms with E-state index in [1.54, 1.807) is 24.3 Å². The molecule has 0 radical (unpaired) electrons. The Bertz CT molecular complexity index is 366. The summed E-state index contributed by atoms with van der Waals surface area (Å²) < 4.78 is 0. The van der Waals surface area contributed by atoms with Gasteiger partial charge in [-0.15, -0.1) is 0 Å². The summed E-state index contributed by atoms with van der Waals surface area (Å²) in [6.07, 6.45) is 1.33. The van der Waals surface area contributed by atoms with Gasteiger partial charge in [-0.25, -0.2) is 0 Å². The third-order valence-electron chi connectivity index (χ3n) is 2.07. The first kappa shape index (κ1) is 12.0. The predicted octanol–water partition coefficient (Wildman–Crippen LogP) is 0.135. The number of nitrogens with two attached hydrogens (primary N) is 1. The van der Waals surface area contributed by atoms with E-state index in [9.17, 15) is 9.59 Å².